The molecule has 1 aliphatic rings. The van der Waals surface area contributed by atoms with Gasteiger partial charge in [0, 0.05) is 18.5 Å². The van der Waals surface area contributed by atoms with Gasteiger partial charge >= 0.3 is 12.1 Å². The third-order valence-electron chi connectivity index (χ3n) is 6.13. The number of amides is 2. The molecule has 2 N–H and O–H groups in total. The fourth-order valence-corrected chi connectivity index (χ4v) is 4.40. The maximum absolute atomic E-state index is 13.0. The Bertz CT molecular complexity index is 1010. The molecule has 0 heterocycles. The minimum absolute atomic E-state index is 0.0506. The van der Waals surface area contributed by atoms with Crippen LogP contribution in [0.3, 0.4) is 0 Å². The summed E-state index contributed by atoms with van der Waals surface area (Å²) in [6.45, 7) is 9.35. The fraction of sp³-hybridized carbons (Fsp3) is 0.444. The Morgan fingerprint density at radius 2 is 1.53 bits per heavy atom. The van der Waals surface area contributed by atoms with Crippen LogP contribution in [0.1, 0.15) is 51.7 Å². The van der Waals surface area contributed by atoms with Crippen LogP contribution in [0.15, 0.2) is 48.5 Å². The number of nitrogens with zero attached hydrogens (tertiary/aromatic N) is 1. The Labute approximate surface area is 201 Å². The maximum atomic E-state index is 13.0. The van der Waals surface area contributed by atoms with Gasteiger partial charge in [0.1, 0.15) is 13.2 Å². The van der Waals surface area contributed by atoms with Gasteiger partial charge in [-0.05, 0) is 34.6 Å². The lowest BCUT2D eigenvalue weighted by Gasteiger charge is -2.32. The Morgan fingerprint density at radius 3 is 2.03 bits per heavy atom. The molecule has 34 heavy (non-hydrogen) atoms. The highest BCUT2D eigenvalue weighted by Crippen LogP contribution is 2.44. The normalized spacial score (nSPS) is 14.5. The van der Waals surface area contributed by atoms with E-state index in [1.54, 1.807) is 13.8 Å². The van der Waals surface area contributed by atoms with E-state index < -0.39 is 24.0 Å². The summed E-state index contributed by atoms with van der Waals surface area (Å²) in [4.78, 5) is 38.2. The summed E-state index contributed by atoms with van der Waals surface area (Å²) in [7, 11) is 0. The van der Waals surface area contributed by atoms with Crippen molar-refractivity contribution in [2.75, 3.05) is 19.7 Å². The lowest BCUT2D eigenvalue weighted by atomic mass is 9.94. The lowest BCUT2D eigenvalue weighted by molar-refractivity contribution is -0.147. The van der Waals surface area contributed by atoms with E-state index >= 15 is 0 Å². The minimum atomic E-state index is -1.07. The number of hydrogen-bond acceptors (Lipinski definition) is 4. The second-order valence-electron chi connectivity index (χ2n) is 10.2. The van der Waals surface area contributed by atoms with Crippen LogP contribution in [-0.4, -0.2) is 53.7 Å². The standard InChI is InChI=1S/C27H34N2O5/c1-17(25(32)29(14-24(30)31)16-27(3,4)5)18(2)28-26(33)34-15-23-21-12-8-6-10-19(21)20-11-7-9-13-22(20)23/h6-13,17-18,23H,14-16H2,1-5H3,(H,28,33)(H,30,31). The van der Waals surface area contributed by atoms with E-state index in [1.807, 2.05) is 45.0 Å². The topological polar surface area (TPSA) is 95.9 Å². The minimum Gasteiger partial charge on any atom is -0.480 e. The number of carboxylic acids is 1. The highest BCUT2D eigenvalue weighted by molar-refractivity contribution is 5.84. The van der Waals surface area contributed by atoms with Gasteiger partial charge in [0.25, 0.3) is 0 Å². The maximum Gasteiger partial charge on any atom is 0.407 e. The van der Waals surface area contributed by atoms with E-state index in [0.29, 0.717) is 6.54 Å². The van der Waals surface area contributed by atoms with Crippen molar-refractivity contribution >= 4 is 18.0 Å². The van der Waals surface area contributed by atoms with E-state index in [2.05, 4.69) is 29.6 Å². The van der Waals surface area contributed by atoms with Crippen molar-refractivity contribution in [2.45, 2.75) is 46.6 Å². The second-order valence-corrected chi connectivity index (χ2v) is 10.2. The number of nitrogens with one attached hydrogen (secondary N) is 1. The van der Waals surface area contributed by atoms with Crippen LogP contribution in [0.4, 0.5) is 4.79 Å². The first kappa shape index (κ1) is 25.3. The molecular weight excluding hydrogens is 432 g/mol. The smallest absolute Gasteiger partial charge is 0.407 e. The van der Waals surface area contributed by atoms with Gasteiger partial charge in [-0.3, -0.25) is 9.59 Å². The first-order valence-corrected chi connectivity index (χ1v) is 11.6. The third kappa shape index (κ3) is 5.95. The molecule has 0 bridgehead atoms. The summed E-state index contributed by atoms with van der Waals surface area (Å²) in [5, 5.41) is 12.0. The number of aliphatic carboxylic acids is 1. The molecule has 0 spiro atoms. The SMILES string of the molecule is CC(NC(=O)OCC1c2ccccc2-c2ccccc21)C(C)C(=O)N(CC(=O)O)CC(C)(C)C. The number of hydrogen-bond donors (Lipinski definition) is 2. The van der Waals surface area contributed by atoms with Gasteiger partial charge in [-0.1, -0.05) is 76.2 Å². The van der Waals surface area contributed by atoms with Crippen LogP contribution < -0.4 is 5.32 Å². The van der Waals surface area contributed by atoms with Crippen LogP contribution >= 0.6 is 0 Å². The Kier molecular flexibility index (Phi) is 7.64. The molecule has 0 saturated carbocycles. The van der Waals surface area contributed by atoms with Gasteiger partial charge < -0.3 is 20.1 Å². The molecule has 2 aromatic carbocycles. The first-order chi connectivity index (χ1) is 16.0. The predicted molar refractivity (Wildman–Crippen MR) is 131 cm³/mol. The molecule has 7 heteroatoms. The summed E-state index contributed by atoms with van der Waals surface area (Å²) in [6, 6.07) is 15.7. The van der Waals surface area contributed by atoms with Gasteiger partial charge in [-0.25, -0.2) is 4.79 Å². The molecule has 182 valence electrons. The number of fused-ring (bicyclic) bond motifs is 3. The molecule has 0 saturated heterocycles. The zero-order valence-electron chi connectivity index (χ0n) is 20.5. The fourth-order valence-electron chi connectivity index (χ4n) is 4.40. The molecule has 0 fully saturated rings. The van der Waals surface area contributed by atoms with Crippen molar-refractivity contribution in [3.05, 3.63) is 59.7 Å². The zero-order valence-corrected chi connectivity index (χ0v) is 20.5. The summed E-state index contributed by atoms with van der Waals surface area (Å²) in [5.41, 5.74) is 4.29. The summed E-state index contributed by atoms with van der Waals surface area (Å²) in [6.07, 6.45) is -0.602. The molecule has 0 aliphatic heterocycles. The average molecular weight is 467 g/mol. The lowest BCUT2D eigenvalue weighted by Crippen LogP contribution is -2.49. The van der Waals surface area contributed by atoms with Gasteiger partial charge in [0.05, 0.1) is 5.92 Å². The monoisotopic (exact) mass is 466 g/mol. The van der Waals surface area contributed by atoms with Crippen molar-refractivity contribution < 1.29 is 24.2 Å². The molecule has 1 aliphatic carbocycles. The summed E-state index contributed by atoms with van der Waals surface area (Å²) >= 11 is 0. The first-order valence-electron chi connectivity index (χ1n) is 11.6. The predicted octanol–water partition coefficient (Wildman–Crippen LogP) is 4.51. The van der Waals surface area contributed by atoms with Crippen molar-refractivity contribution in [1.82, 2.24) is 10.2 Å². The van der Waals surface area contributed by atoms with E-state index in [-0.39, 0.29) is 30.4 Å². The molecule has 0 aromatic heterocycles. The quantitative estimate of drug-likeness (QED) is 0.597. The molecule has 3 rings (SSSR count). The van der Waals surface area contributed by atoms with Gasteiger partial charge in [-0.2, -0.15) is 0 Å². The Balaban J connectivity index is 1.61. The second kappa shape index (κ2) is 10.3. The van der Waals surface area contributed by atoms with Crippen LogP contribution in [0.25, 0.3) is 11.1 Å². The van der Waals surface area contributed by atoms with E-state index in [0.717, 1.165) is 22.3 Å². The molecule has 2 unspecified atom stereocenters. The molecule has 7 nitrogen and oxygen atoms in total. The highest BCUT2D eigenvalue weighted by Gasteiger charge is 2.32. The molecule has 2 atom stereocenters. The van der Waals surface area contributed by atoms with Crippen molar-refractivity contribution in [2.24, 2.45) is 11.3 Å². The van der Waals surface area contributed by atoms with E-state index in [9.17, 15) is 19.5 Å². The molecule has 2 amide bonds. The average Bonchev–Trinajstić information content (AvgIpc) is 3.08. The number of alkyl carbamates (subject to hydrolysis) is 1. The number of carboxylic acid groups (broad SMARTS) is 1. The van der Waals surface area contributed by atoms with Crippen LogP contribution in [-0.2, 0) is 14.3 Å². The highest BCUT2D eigenvalue weighted by atomic mass is 16.5. The number of carbonyl (C=O) groups is 3. The number of rotatable bonds is 8. The van der Waals surface area contributed by atoms with Crippen molar-refractivity contribution in [3.63, 3.8) is 0 Å². The Morgan fingerprint density at radius 1 is 1.00 bits per heavy atom. The number of ether oxygens (including phenoxy) is 1. The van der Waals surface area contributed by atoms with Crippen LogP contribution in [0.2, 0.25) is 0 Å². The number of benzene rings is 2. The summed E-state index contributed by atoms with van der Waals surface area (Å²) in [5.74, 6) is -2.04. The van der Waals surface area contributed by atoms with Crippen LogP contribution in [0.5, 0.6) is 0 Å². The molecule has 2 aromatic rings. The molecule has 0 radical (unpaired) electrons. The Hall–Kier alpha value is -3.35. The van der Waals surface area contributed by atoms with Crippen molar-refractivity contribution in [1.29, 1.82) is 0 Å². The zero-order chi connectivity index (χ0) is 25.0. The van der Waals surface area contributed by atoms with E-state index in [4.69, 9.17) is 4.74 Å². The largest absolute Gasteiger partial charge is 0.480 e. The third-order valence-corrected chi connectivity index (χ3v) is 6.13. The summed E-state index contributed by atoms with van der Waals surface area (Å²) < 4.78 is 5.58. The van der Waals surface area contributed by atoms with Gasteiger partial charge in [0.15, 0.2) is 0 Å². The van der Waals surface area contributed by atoms with Gasteiger partial charge in [-0.15, -0.1) is 0 Å². The van der Waals surface area contributed by atoms with Crippen LogP contribution in [0, 0.1) is 11.3 Å². The molecular formula is C27H34N2O5. The van der Waals surface area contributed by atoms with Crippen molar-refractivity contribution in [3.8, 4) is 11.1 Å². The van der Waals surface area contributed by atoms with E-state index in [1.165, 1.54) is 4.90 Å². The van der Waals surface area contributed by atoms with Gasteiger partial charge in [0.2, 0.25) is 5.91 Å². The number of carbonyl (C=O) groups excluding carboxylic acids is 2.